The van der Waals surface area contributed by atoms with Gasteiger partial charge in [0.05, 0.1) is 18.8 Å². The Bertz CT molecular complexity index is 727. The van der Waals surface area contributed by atoms with Gasteiger partial charge in [0.25, 0.3) is 5.91 Å². The Morgan fingerprint density at radius 2 is 2.00 bits per heavy atom. The second kappa shape index (κ2) is 8.20. The molecule has 1 atom stereocenters. The zero-order valence-electron chi connectivity index (χ0n) is 14.9. The molecule has 0 bridgehead atoms. The highest BCUT2D eigenvalue weighted by Gasteiger charge is 2.40. The van der Waals surface area contributed by atoms with Crippen LogP contribution in [0.2, 0.25) is 0 Å². The molecule has 0 aromatic heterocycles. The smallest absolute Gasteiger partial charge is 0.335 e. The van der Waals surface area contributed by atoms with Gasteiger partial charge in [-0.25, -0.2) is 9.69 Å². The molecule has 26 heavy (non-hydrogen) atoms. The van der Waals surface area contributed by atoms with E-state index in [9.17, 15) is 14.4 Å². The number of piperazine rings is 1. The Morgan fingerprint density at radius 1 is 1.27 bits per heavy atom. The van der Waals surface area contributed by atoms with Crippen LogP contribution < -0.4 is 20.4 Å². The summed E-state index contributed by atoms with van der Waals surface area (Å²) in [4.78, 5) is 43.8. The number of hydrogen-bond acceptors (Lipinski definition) is 4. The monoisotopic (exact) mass is 359 g/mol. The number of imide groups is 2. The van der Waals surface area contributed by atoms with Crippen molar-refractivity contribution >= 4 is 29.7 Å². The standard InChI is InChI=1S/C18H23N5O3/c1-13-4-2-3-5-15(13)23-17(25)14(16(24)21-18(23)26)12-20-8-11-22-9-6-19-7-10-22/h2-5,12,14,19H,6-11H2,1H3,(H,21,24,26)/p+2/t14-/m1/s1. The molecule has 0 aliphatic carbocycles. The fourth-order valence-electron chi connectivity index (χ4n) is 3.30. The molecule has 2 fully saturated rings. The van der Waals surface area contributed by atoms with E-state index in [-0.39, 0.29) is 0 Å². The summed E-state index contributed by atoms with van der Waals surface area (Å²) < 4.78 is 0. The van der Waals surface area contributed by atoms with Crippen LogP contribution >= 0.6 is 0 Å². The van der Waals surface area contributed by atoms with Crippen LogP contribution in [0.3, 0.4) is 0 Å². The third-order valence-electron chi connectivity index (χ3n) is 4.81. The number of nitrogens with two attached hydrogens (primary N) is 1. The summed E-state index contributed by atoms with van der Waals surface area (Å²) in [5.41, 5.74) is 1.27. The Balaban J connectivity index is 1.67. The van der Waals surface area contributed by atoms with E-state index < -0.39 is 23.8 Å². The number of nitrogens with one attached hydrogen (secondary N) is 2. The third kappa shape index (κ3) is 3.97. The lowest BCUT2D eigenvalue weighted by molar-refractivity contribution is -0.945. The van der Waals surface area contributed by atoms with Gasteiger partial charge >= 0.3 is 6.03 Å². The van der Waals surface area contributed by atoms with E-state index in [1.54, 1.807) is 12.1 Å². The van der Waals surface area contributed by atoms with Gasteiger partial charge < -0.3 is 10.2 Å². The number of aliphatic imine (C=N–C) groups is 1. The maximum Gasteiger partial charge on any atom is 0.335 e. The molecule has 1 aromatic rings. The lowest BCUT2D eigenvalue weighted by Crippen LogP contribution is -3.20. The van der Waals surface area contributed by atoms with E-state index in [2.05, 4.69) is 15.6 Å². The summed E-state index contributed by atoms with van der Waals surface area (Å²) >= 11 is 0. The van der Waals surface area contributed by atoms with E-state index in [1.807, 2.05) is 19.1 Å². The molecular formula is C18H25N5O3+2. The first-order valence-corrected chi connectivity index (χ1v) is 8.97. The Morgan fingerprint density at radius 3 is 2.73 bits per heavy atom. The van der Waals surface area contributed by atoms with Crippen molar-refractivity contribution in [3.63, 3.8) is 0 Å². The molecule has 2 saturated heterocycles. The summed E-state index contributed by atoms with van der Waals surface area (Å²) in [7, 11) is 0. The number of para-hydroxylation sites is 1. The van der Waals surface area contributed by atoms with Gasteiger partial charge in [-0.2, -0.15) is 0 Å². The van der Waals surface area contributed by atoms with Crippen LogP contribution in [0.5, 0.6) is 0 Å². The molecule has 8 heteroatoms. The number of anilines is 1. The van der Waals surface area contributed by atoms with E-state index in [0.29, 0.717) is 12.2 Å². The molecule has 0 radical (unpaired) electrons. The number of amides is 4. The van der Waals surface area contributed by atoms with E-state index in [1.165, 1.54) is 11.1 Å². The van der Waals surface area contributed by atoms with Gasteiger partial charge in [-0.3, -0.25) is 19.9 Å². The third-order valence-corrected chi connectivity index (χ3v) is 4.81. The van der Waals surface area contributed by atoms with Crippen LogP contribution in [-0.4, -0.2) is 63.3 Å². The SMILES string of the molecule is Cc1ccccc1N1C(=O)NC(=O)[C@@H](C=NCC[NH+]2CC[NH2+]CC2)C1=O. The zero-order chi connectivity index (χ0) is 18.5. The number of barbiturate groups is 1. The number of hydrogen-bond donors (Lipinski definition) is 3. The first-order chi connectivity index (χ1) is 12.6. The topological polar surface area (TPSA) is 99.9 Å². The van der Waals surface area contributed by atoms with Gasteiger partial charge in [0, 0.05) is 6.21 Å². The van der Waals surface area contributed by atoms with Crippen LogP contribution in [0.15, 0.2) is 29.3 Å². The lowest BCUT2D eigenvalue weighted by Gasteiger charge is -2.29. The van der Waals surface area contributed by atoms with Crippen LogP contribution in [0, 0.1) is 12.8 Å². The molecule has 138 valence electrons. The molecule has 2 aliphatic heterocycles. The summed E-state index contributed by atoms with van der Waals surface area (Å²) in [5.74, 6) is -2.25. The highest BCUT2D eigenvalue weighted by molar-refractivity contribution is 6.32. The normalized spacial score (nSPS) is 22.1. The van der Waals surface area contributed by atoms with Gasteiger partial charge in [0.15, 0.2) is 5.92 Å². The number of nitrogens with zero attached hydrogens (tertiary/aromatic N) is 2. The molecule has 0 unspecified atom stereocenters. The molecule has 2 heterocycles. The number of rotatable bonds is 5. The van der Waals surface area contributed by atoms with E-state index >= 15 is 0 Å². The van der Waals surface area contributed by atoms with Gasteiger partial charge in [-0.15, -0.1) is 0 Å². The van der Waals surface area contributed by atoms with Crippen LogP contribution in [0.4, 0.5) is 10.5 Å². The molecule has 0 spiro atoms. The zero-order valence-corrected chi connectivity index (χ0v) is 14.9. The minimum absolute atomic E-state index is 0.481. The molecule has 1 aromatic carbocycles. The Hall–Kier alpha value is -2.58. The number of urea groups is 1. The van der Waals surface area contributed by atoms with Gasteiger partial charge in [-0.1, -0.05) is 18.2 Å². The fraction of sp³-hybridized carbons (Fsp3) is 0.444. The predicted molar refractivity (Wildman–Crippen MR) is 96.3 cm³/mol. The van der Waals surface area contributed by atoms with E-state index in [4.69, 9.17) is 0 Å². The minimum atomic E-state index is -1.07. The van der Waals surface area contributed by atoms with Crippen LogP contribution in [-0.2, 0) is 9.59 Å². The number of quaternary nitrogens is 2. The van der Waals surface area contributed by atoms with Gasteiger partial charge in [0.1, 0.15) is 26.2 Å². The van der Waals surface area contributed by atoms with E-state index in [0.717, 1.165) is 43.2 Å². The molecular weight excluding hydrogens is 334 g/mol. The summed E-state index contributed by atoms with van der Waals surface area (Å²) in [6.45, 7) is 7.71. The maximum atomic E-state index is 12.7. The van der Waals surface area contributed by atoms with Crippen molar-refractivity contribution in [2.24, 2.45) is 10.9 Å². The van der Waals surface area contributed by atoms with Gasteiger partial charge in [0.2, 0.25) is 5.91 Å². The second-order valence-electron chi connectivity index (χ2n) is 6.65. The first kappa shape index (κ1) is 18.2. The minimum Gasteiger partial charge on any atom is -0.337 e. The summed E-state index contributed by atoms with van der Waals surface area (Å²) in [6.07, 6.45) is 1.38. The fourth-order valence-corrected chi connectivity index (χ4v) is 3.30. The molecule has 0 saturated carbocycles. The highest BCUT2D eigenvalue weighted by Crippen LogP contribution is 2.23. The number of carbonyl (C=O) groups is 3. The van der Waals surface area contributed by atoms with Crippen LogP contribution in [0.1, 0.15) is 5.56 Å². The van der Waals surface area contributed by atoms with Crippen molar-refractivity contribution in [2.75, 3.05) is 44.2 Å². The summed E-state index contributed by atoms with van der Waals surface area (Å²) in [6, 6.07) is 6.37. The molecule has 3 rings (SSSR count). The Labute approximate surface area is 152 Å². The van der Waals surface area contributed by atoms with Crippen molar-refractivity contribution < 1.29 is 24.6 Å². The summed E-state index contributed by atoms with van der Waals surface area (Å²) in [5, 5.41) is 4.55. The van der Waals surface area contributed by atoms with Crippen molar-refractivity contribution in [1.82, 2.24) is 5.32 Å². The average Bonchev–Trinajstić information content (AvgIpc) is 2.63. The second-order valence-corrected chi connectivity index (χ2v) is 6.65. The highest BCUT2D eigenvalue weighted by atomic mass is 16.2. The van der Waals surface area contributed by atoms with Crippen molar-refractivity contribution in [3.05, 3.63) is 29.8 Å². The number of aryl methyl sites for hydroxylation is 1. The number of carbonyl (C=O) groups excluding carboxylic acids is 3. The molecule has 4 N–H and O–H groups in total. The molecule has 4 amide bonds. The lowest BCUT2D eigenvalue weighted by atomic mass is 10.0. The molecule has 2 aliphatic rings. The first-order valence-electron chi connectivity index (χ1n) is 8.97. The molecule has 8 nitrogen and oxygen atoms in total. The van der Waals surface area contributed by atoms with Crippen molar-refractivity contribution in [3.8, 4) is 0 Å². The largest absolute Gasteiger partial charge is 0.337 e. The van der Waals surface area contributed by atoms with Crippen LogP contribution in [0.25, 0.3) is 0 Å². The van der Waals surface area contributed by atoms with Crippen molar-refractivity contribution in [1.29, 1.82) is 0 Å². The maximum absolute atomic E-state index is 12.7. The number of benzene rings is 1. The average molecular weight is 359 g/mol. The quantitative estimate of drug-likeness (QED) is 0.408. The van der Waals surface area contributed by atoms with Crippen molar-refractivity contribution in [2.45, 2.75) is 6.92 Å². The Kier molecular flexibility index (Phi) is 5.75. The predicted octanol–water partition coefficient (Wildman–Crippen LogP) is -2.27. The van der Waals surface area contributed by atoms with Gasteiger partial charge in [-0.05, 0) is 18.6 Å².